The number of oxazole rings is 1. The number of hydrogen-bond acceptors (Lipinski definition) is 5. The minimum atomic E-state index is -3.66. The van der Waals surface area contributed by atoms with Crippen molar-refractivity contribution in [3.05, 3.63) is 36.4 Å². The molecule has 4 rings (SSSR count). The van der Waals surface area contributed by atoms with Gasteiger partial charge in [-0.2, -0.15) is 13.5 Å². The molecule has 3 aromatic rings. The summed E-state index contributed by atoms with van der Waals surface area (Å²) in [5.41, 5.74) is 1.76. The fraction of sp³-hybridized carbons (Fsp3) is 0.231. The highest BCUT2D eigenvalue weighted by Crippen LogP contribution is 2.40. The summed E-state index contributed by atoms with van der Waals surface area (Å²) in [5, 5.41) is 6.08. The molecule has 0 saturated heterocycles. The van der Waals surface area contributed by atoms with E-state index >= 15 is 0 Å². The first-order chi connectivity index (χ1) is 10.1. The molecule has 108 valence electrons. The Bertz CT molecular complexity index is 895. The van der Waals surface area contributed by atoms with E-state index in [0.29, 0.717) is 22.7 Å². The van der Waals surface area contributed by atoms with Crippen molar-refractivity contribution in [3.8, 4) is 0 Å². The van der Waals surface area contributed by atoms with Crippen molar-refractivity contribution in [3.63, 3.8) is 0 Å². The number of nitrogens with zero attached hydrogens (tertiary/aromatic N) is 2. The maximum atomic E-state index is 12.1. The summed E-state index contributed by atoms with van der Waals surface area (Å²) in [5.74, 6) is 1.15. The van der Waals surface area contributed by atoms with E-state index in [9.17, 15) is 8.42 Å². The molecule has 21 heavy (non-hydrogen) atoms. The second kappa shape index (κ2) is 4.32. The first-order valence-electron chi connectivity index (χ1n) is 6.54. The molecule has 0 bridgehead atoms. The summed E-state index contributed by atoms with van der Waals surface area (Å²) in [6.45, 7) is 0. The van der Waals surface area contributed by atoms with Gasteiger partial charge in [0.25, 0.3) is 10.0 Å². The summed E-state index contributed by atoms with van der Waals surface area (Å²) in [6, 6.07) is 6.43. The van der Waals surface area contributed by atoms with Gasteiger partial charge in [-0.25, -0.2) is 4.98 Å². The molecule has 0 spiro atoms. The van der Waals surface area contributed by atoms with Gasteiger partial charge in [0.15, 0.2) is 16.5 Å². The van der Waals surface area contributed by atoms with Gasteiger partial charge < -0.3 is 4.42 Å². The topological polar surface area (TPSA) is 101 Å². The lowest BCUT2D eigenvalue weighted by atomic mass is 10.3. The first kappa shape index (κ1) is 12.4. The van der Waals surface area contributed by atoms with E-state index < -0.39 is 10.0 Å². The highest BCUT2D eigenvalue weighted by atomic mass is 32.2. The SMILES string of the molecule is O=S(=O)(Nc1ccc2oc(C3CC3)nc2c1)c1ccn[nH]1. The number of benzene rings is 1. The number of rotatable bonds is 4. The zero-order valence-electron chi connectivity index (χ0n) is 10.9. The predicted molar refractivity (Wildman–Crippen MR) is 75.4 cm³/mol. The van der Waals surface area contributed by atoms with E-state index in [1.807, 2.05) is 0 Å². The maximum absolute atomic E-state index is 12.1. The van der Waals surface area contributed by atoms with Gasteiger partial charge in [0.05, 0.1) is 11.9 Å². The number of hydrogen-bond donors (Lipinski definition) is 2. The van der Waals surface area contributed by atoms with Crippen molar-refractivity contribution < 1.29 is 12.8 Å². The van der Waals surface area contributed by atoms with Crippen LogP contribution in [0.5, 0.6) is 0 Å². The number of nitrogens with one attached hydrogen (secondary N) is 2. The van der Waals surface area contributed by atoms with Crippen LogP contribution in [0.3, 0.4) is 0 Å². The molecule has 2 N–H and O–H groups in total. The number of anilines is 1. The average molecular weight is 304 g/mol. The Morgan fingerprint density at radius 2 is 2.14 bits per heavy atom. The molecule has 1 aromatic carbocycles. The Balaban J connectivity index is 1.67. The van der Waals surface area contributed by atoms with Crippen LogP contribution in [0.25, 0.3) is 11.1 Å². The van der Waals surface area contributed by atoms with E-state index in [-0.39, 0.29) is 5.03 Å². The van der Waals surface area contributed by atoms with Crippen molar-refractivity contribution in [2.75, 3.05) is 4.72 Å². The van der Waals surface area contributed by atoms with Crippen LogP contribution in [0.2, 0.25) is 0 Å². The van der Waals surface area contributed by atoms with Crippen LogP contribution in [-0.4, -0.2) is 23.6 Å². The van der Waals surface area contributed by atoms with Gasteiger partial charge in [0, 0.05) is 5.92 Å². The lowest BCUT2D eigenvalue weighted by Crippen LogP contribution is -2.13. The second-order valence-electron chi connectivity index (χ2n) is 5.04. The van der Waals surface area contributed by atoms with Crippen molar-refractivity contribution >= 4 is 26.8 Å². The van der Waals surface area contributed by atoms with Crippen LogP contribution in [0.1, 0.15) is 24.7 Å². The second-order valence-corrected chi connectivity index (χ2v) is 6.69. The Labute approximate surface area is 120 Å². The van der Waals surface area contributed by atoms with Gasteiger partial charge in [-0.1, -0.05) is 0 Å². The van der Waals surface area contributed by atoms with Crippen LogP contribution >= 0.6 is 0 Å². The fourth-order valence-electron chi connectivity index (χ4n) is 2.12. The lowest BCUT2D eigenvalue weighted by Gasteiger charge is -2.05. The quantitative estimate of drug-likeness (QED) is 0.769. The Kier molecular flexibility index (Phi) is 2.55. The maximum Gasteiger partial charge on any atom is 0.278 e. The van der Waals surface area contributed by atoms with Crippen molar-refractivity contribution in [2.45, 2.75) is 23.8 Å². The standard InChI is InChI=1S/C13H12N4O3S/c18-21(19,12-5-6-14-16-12)17-9-3-4-11-10(7-9)15-13(20-11)8-1-2-8/h3-8,17H,1-2H2,(H,14,16). The number of aromatic nitrogens is 3. The third-order valence-corrected chi connectivity index (χ3v) is 4.66. The van der Waals surface area contributed by atoms with Gasteiger partial charge >= 0.3 is 0 Å². The Morgan fingerprint density at radius 1 is 1.29 bits per heavy atom. The van der Waals surface area contributed by atoms with Crippen LogP contribution in [0.15, 0.2) is 39.9 Å². The van der Waals surface area contributed by atoms with Gasteiger partial charge in [0.2, 0.25) is 0 Å². The van der Waals surface area contributed by atoms with E-state index in [1.54, 1.807) is 18.2 Å². The van der Waals surface area contributed by atoms with E-state index in [1.165, 1.54) is 12.3 Å². The minimum absolute atomic E-state index is 0.0152. The molecule has 0 unspecified atom stereocenters. The molecule has 2 heterocycles. The van der Waals surface area contributed by atoms with E-state index in [0.717, 1.165) is 18.7 Å². The fourth-order valence-corrected chi connectivity index (χ4v) is 3.08. The van der Waals surface area contributed by atoms with Gasteiger partial charge in [0.1, 0.15) is 5.52 Å². The summed E-state index contributed by atoms with van der Waals surface area (Å²) in [4.78, 5) is 4.41. The molecule has 1 saturated carbocycles. The molecule has 1 aliphatic carbocycles. The average Bonchev–Trinajstić information content (AvgIpc) is 2.99. The summed E-state index contributed by atoms with van der Waals surface area (Å²) in [6.07, 6.45) is 3.59. The molecule has 8 heteroatoms. The highest BCUT2D eigenvalue weighted by molar-refractivity contribution is 7.92. The van der Waals surface area contributed by atoms with Crippen LogP contribution < -0.4 is 4.72 Å². The van der Waals surface area contributed by atoms with Crippen LogP contribution in [-0.2, 0) is 10.0 Å². The molecule has 0 radical (unpaired) electrons. The molecule has 2 aromatic heterocycles. The number of fused-ring (bicyclic) bond motifs is 1. The van der Waals surface area contributed by atoms with E-state index in [4.69, 9.17) is 4.42 Å². The van der Waals surface area contributed by atoms with Gasteiger partial charge in [-0.05, 0) is 37.1 Å². The molecule has 1 fully saturated rings. The van der Waals surface area contributed by atoms with Crippen molar-refractivity contribution in [1.82, 2.24) is 15.2 Å². The van der Waals surface area contributed by atoms with Crippen LogP contribution in [0.4, 0.5) is 5.69 Å². The molecular weight excluding hydrogens is 292 g/mol. The molecule has 0 atom stereocenters. The monoisotopic (exact) mass is 304 g/mol. The number of H-pyrrole nitrogens is 1. The molecule has 1 aliphatic rings. The third kappa shape index (κ3) is 2.27. The smallest absolute Gasteiger partial charge is 0.278 e. The first-order valence-corrected chi connectivity index (χ1v) is 8.03. The molecule has 7 nitrogen and oxygen atoms in total. The summed E-state index contributed by atoms with van der Waals surface area (Å²) < 4.78 is 32.3. The highest BCUT2D eigenvalue weighted by Gasteiger charge is 2.29. The Hall–Kier alpha value is -2.35. The zero-order chi connectivity index (χ0) is 14.4. The van der Waals surface area contributed by atoms with Crippen molar-refractivity contribution in [1.29, 1.82) is 0 Å². The third-order valence-electron chi connectivity index (χ3n) is 3.35. The summed E-state index contributed by atoms with van der Waals surface area (Å²) >= 11 is 0. The number of sulfonamides is 1. The predicted octanol–water partition coefficient (Wildman–Crippen LogP) is 2.23. The lowest BCUT2D eigenvalue weighted by molar-refractivity contribution is 0.533. The molecule has 0 amide bonds. The molecular formula is C13H12N4O3S. The summed E-state index contributed by atoms with van der Waals surface area (Å²) in [7, 11) is -3.66. The van der Waals surface area contributed by atoms with Gasteiger partial charge in [-0.3, -0.25) is 9.82 Å². The molecule has 0 aliphatic heterocycles. The van der Waals surface area contributed by atoms with E-state index in [2.05, 4.69) is 19.9 Å². The number of aromatic amines is 1. The Morgan fingerprint density at radius 3 is 2.86 bits per heavy atom. The van der Waals surface area contributed by atoms with Crippen molar-refractivity contribution in [2.24, 2.45) is 0 Å². The van der Waals surface area contributed by atoms with Gasteiger partial charge in [-0.15, -0.1) is 0 Å². The van der Waals surface area contributed by atoms with Crippen LogP contribution in [0, 0.1) is 0 Å². The zero-order valence-corrected chi connectivity index (χ0v) is 11.7. The minimum Gasteiger partial charge on any atom is -0.440 e. The largest absolute Gasteiger partial charge is 0.440 e. The normalized spacial score (nSPS) is 15.4.